The third-order valence-corrected chi connectivity index (χ3v) is 7.14. The zero-order chi connectivity index (χ0) is 25.7. The van der Waals surface area contributed by atoms with Gasteiger partial charge in [0.15, 0.2) is 15.8 Å². The molecule has 0 aliphatic carbocycles. The molecule has 1 aromatic heterocycles. The number of anilines is 2. The Morgan fingerprint density at radius 2 is 1.81 bits per heavy atom. The number of nitro benzene ring substituents is 1. The molecule has 12 heteroatoms. The Morgan fingerprint density at radius 1 is 1.03 bits per heavy atom. The maximum Gasteiger partial charge on any atom is 0.292 e. The quantitative estimate of drug-likeness (QED) is 0.173. The van der Waals surface area contributed by atoms with Gasteiger partial charge in [0.1, 0.15) is 5.69 Å². The summed E-state index contributed by atoms with van der Waals surface area (Å²) in [6, 6.07) is 16.2. The molecule has 10 nitrogen and oxygen atoms in total. The molecular weight excluding hydrogens is 504 g/mol. The Balaban J connectivity index is 1.40. The number of rotatable bonds is 9. The molecular formula is C24H20N4O6S2. The van der Waals surface area contributed by atoms with Gasteiger partial charge in [0.2, 0.25) is 5.91 Å². The summed E-state index contributed by atoms with van der Waals surface area (Å²) >= 11 is 2.60. The Morgan fingerprint density at radius 3 is 2.56 bits per heavy atom. The summed E-state index contributed by atoms with van der Waals surface area (Å²) in [5.41, 5.74) is 1.71. The van der Waals surface area contributed by atoms with E-state index in [9.17, 15) is 19.7 Å². The van der Waals surface area contributed by atoms with E-state index < -0.39 is 4.92 Å². The molecule has 0 spiro atoms. The van der Waals surface area contributed by atoms with E-state index >= 15 is 0 Å². The van der Waals surface area contributed by atoms with Crippen LogP contribution in [0.3, 0.4) is 0 Å². The molecule has 4 rings (SSSR count). The van der Waals surface area contributed by atoms with Crippen molar-refractivity contribution in [1.82, 2.24) is 4.98 Å². The van der Waals surface area contributed by atoms with E-state index in [0.717, 1.165) is 10.2 Å². The van der Waals surface area contributed by atoms with Crippen LogP contribution < -0.4 is 20.1 Å². The van der Waals surface area contributed by atoms with Crippen LogP contribution in [0.1, 0.15) is 10.4 Å². The lowest BCUT2D eigenvalue weighted by Crippen LogP contribution is -2.15. The predicted octanol–water partition coefficient (Wildman–Crippen LogP) is 5.20. The number of para-hydroxylation sites is 2. The van der Waals surface area contributed by atoms with Crippen LogP contribution in [0.4, 0.5) is 17.1 Å². The number of hydrogen-bond acceptors (Lipinski definition) is 9. The normalized spacial score (nSPS) is 10.6. The molecule has 184 valence electrons. The first-order valence-electron chi connectivity index (χ1n) is 10.5. The maximum absolute atomic E-state index is 12.7. The summed E-state index contributed by atoms with van der Waals surface area (Å²) in [5, 5.41) is 16.5. The number of carbonyl (C=O) groups excluding carboxylic acids is 2. The molecule has 2 amide bonds. The van der Waals surface area contributed by atoms with Crippen molar-refractivity contribution in [3.8, 4) is 11.5 Å². The number of benzene rings is 3. The zero-order valence-electron chi connectivity index (χ0n) is 19.1. The number of thioether (sulfide) groups is 1. The Labute approximate surface area is 213 Å². The standard InChI is InChI=1S/C24H20N4O6S2/c1-33-19-10-7-14(11-20(19)34-2)23(30)25-15-8-9-17-21(12-15)36-24(27-17)35-13-22(29)26-16-5-3-4-6-18(16)28(31)32/h3-12H,13H2,1-2H3,(H,25,30)(H,26,29). The second kappa shape index (κ2) is 11.1. The molecule has 0 aliphatic heterocycles. The number of ether oxygens (including phenoxy) is 2. The first kappa shape index (κ1) is 24.9. The van der Waals surface area contributed by atoms with E-state index in [-0.39, 0.29) is 28.9 Å². The van der Waals surface area contributed by atoms with Gasteiger partial charge in [-0.1, -0.05) is 23.9 Å². The average molecular weight is 525 g/mol. The lowest BCUT2D eigenvalue weighted by Gasteiger charge is -2.10. The van der Waals surface area contributed by atoms with Crippen LogP contribution in [0, 0.1) is 10.1 Å². The summed E-state index contributed by atoms with van der Waals surface area (Å²) in [6.45, 7) is 0. The van der Waals surface area contributed by atoms with Gasteiger partial charge in [-0.3, -0.25) is 19.7 Å². The topological polar surface area (TPSA) is 133 Å². The molecule has 3 aromatic carbocycles. The summed E-state index contributed by atoms with van der Waals surface area (Å²) in [4.78, 5) is 40.1. The molecule has 1 heterocycles. The van der Waals surface area contributed by atoms with Crippen LogP contribution in [0.15, 0.2) is 65.0 Å². The molecule has 0 atom stereocenters. The SMILES string of the molecule is COc1ccc(C(=O)Nc2ccc3nc(SCC(=O)Nc4ccccc4[N+](=O)[O-])sc3c2)cc1OC. The highest BCUT2D eigenvalue weighted by molar-refractivity contribution is 8.01. The lowest BCUT2D eigenvalue weighted by atomic mass is 10.2. The van der Waals surface area contributed by atoms with Crippen LogP contribution in [0.5, 0.6) is 11.5 Å². The van der Waals surface area contributed by atoms with Crippen molar-refractivity contribution in [1.29, 1.82) is 0 Å². The summed E-state index contributed by atoms with van der Waals surface area (Å²) in [5.74, 6) is 0.336. The monoisotopic (exact) mass is 524 g/mol. The number of fused-ring (bicyclic) bond motifs is 1. The molecule has 0 fully saturated rings. The summed E-state index contributed by atoms with van der Waals surface area (Å²) in [6.07, 6.45) is 0. The van der Waals surface area contributed by atoms with Crippen molar-refractivity contribution in [2.75, 3.05) is 30.6 Å². The fraction of sp³-hybridized carbons (Fsp3) is 0.125. The van der Waals surface area contributed by atoms with E-state index in [0.29, 0.717) is 27.1 Å². The van der Waals surface area contributed by atoms with Crippen molar-refractivity contribution in [3.63, 3.8) is 0 Å². The number of aromatic nitrogens is 1. The molecule has 0 aliphatic rings. The fourth-order valence-electron chi connectivity index (χ4n) is 3.28. The molecule has 2 N–H and O–H groups in total. The number of nitrogens with one attached hydrogen (secondary N) is 2. The van der Waals surface area contributed by atoms with Crippen LogP contribution in [-0.2, 0) is 4.79 Å². The van der Waals surface area contributed by atoms with E-state index in [4.69, 9.17) is 9.47 Å². The number of nitrogens with zero attached hydrogens (tertiary/aromatic N) is 2. The Hall–Kier alpha value is -4.16. The highest BCUT2D eigenvalue weighted by Crippen LogP contribution is 2.32. The van der Waals surface area contributed by atoms with Crippen LogP contribution in [0.25, 0.3) is 10.2 Å². The van der Waals surface area contributed by atoms with Crippen LogP contribution in [-0.4, -0.2) is 41.7 Å². The van der Waals surface area contributed by atoms with E-state index in [1.54, 1.807) is 36.4 Å². The average Bonchev–Trinajstić information content (AvgIpc) is 3.29. The van der Waals surface area contributed by atoms with E-state index in [2.05, 4.69) is 15.6 Å². The third kappa shape index (κ3) is 5.73. The minimum Gasteiger partial charge on any atom is -0.493 e. The Bertz CT molecular complexity index is 1460. The molecule has 0 saturated carbocycles. The first-order chi connectivity index (χ1) is 17.4. The van der Waals surface area contributed by atoms with Gasteiger partial charge in [-0.15, -0.1) is 11.3 Å². The van der Waals surface area contributed by atoms with Crippen molar-refractivity contribution in [3.05, 3.63) is 76.3 Å². The first-order valence-corrected chi connectivity index (χ1v) is 12.3. The van der Waals surface area contributed by atoms with Gasteiger partial charge in [-0.2, -0.15) is 0 Å². The minimum absolute atomic E-state index is 0.0365. The molecule has 0 bridgehead atoms. The van der Waals surface area contributed by atoms with Gasteiger partial charge < -0.3 is 20.1 Å². The molecule has 0 saturated heterocycles. The number of nitro groups is 1. The highest BCUT2D eigenvalue weighted by Gasteiger charge is 2.16. The smallest absolute Gasteiger partial charge is 0.292 e. The van der Waals surface area contributed by atoms with Crippen molar-refractivity contribution >= 4 is 62.2 Å². The second-order valence-electron chi connectivity index (χ2n) is 7.30. The third-order valence-electron chi connectivity index (χ3n) is 4.97. The molecule has 0 radical (unpaired) electrons. The highest BCUT2D eigenvalue weighted by atomic mass is 32.2. The zero-order valence-corrected chi connectivity index (χ0v) is 20.8. The van der Waals surface area contributed by atoms with Crippen LogP contribution in [0.2, 0.25) is 0 Å². The van der Waals surface area contributed by atoms with Gasteiger partial charge in [-0.25, -0.2) is 4.98 Å². The fourth-order valence-corrected chi connectivity index (χ4v) is 5.18. The summed E-state index contributed by atoms with van der Waals surface area (Å²) in [7, 11) is 3.03. The number of carbonyl (C=O) groups is 2. The predicted molar refractivity (Wildman–Crippen MR) is 140 cm³/mol. The molecule has 36 heavy (non-hydrogen) atoms. The number of hydrogen-bond donors (Lipinski definition) is 2. The molecule has 0 unspecified atom stereocenters. The van der Waals surface area contributed by atoms with Gasteiger partial charge in [0, 0.05) is 17.3 Å². The Kier molecular flexibility index (Phi) is 7.66. The van der Waals surface area contributed by atoms with E-state index in [1.165, 1.54) is 55.5 Å². The second-order valence-corrected chi connectivity index (χ2v) is 9.55. The van der Waals surface area contributed by atoms with Gasteiger partial charge in [-0.05, 0) is 42.5 Å². The van der Waals surface area contributed by atoms with E-state index in [1.807, 2.05) is 6.07 Å². The number of amides is 2. The van der Waals surface area contributed by atoms with Crippen molar-refractivity contribution in [2.45, 2.75) is 4.34 Å². The minimum atomic E-state index is -0.544. The van der Waals surface area contributed by atoms with Gasteiger partial charge in [0.25, 0.3) is 11.6 Å². The maximum atomic E-state index is 12.7. The van der Waals surface area contributed by atoms with Gasteiger partial charge in [0.05, 0.1) is 35.1 Å². The lowest BCUT2D eigenvalue weighted by molar-refractivity contribution is -0.383. The number of methoxy groups -OCH3 is 2. The molecule has 4 aromatic rings. The summed E-state index contributed by atoms with van der Waals surface area (Å²) < 4.78 is 12.0. The van der Waals surface area contributed by atoms with Gasteiger partial charge >= 0.3 is 0 Å². The van der Waals surface area contributed by atoms with Crippen molar-refractivity contribution in [2.24, 2.45) is 0 Å². The number of thiazole rings is 1. The van der Waals surface area contributed by atoms with Crippen molar-refractivity contribution < 1.29 is 24.0 Å². The van der Waals surface area contributed by atoms with Crippen LogP contribution >= 0.6 is 23.1 Å². The largest absolute Gasteiger partial charge is 0.493 e.